The second kappa shape index (κ2) is 11.6. The molecule has 0 fully saturated rings. The molecule has 4 nitrogen and oxygen atoms in total. The zero-order valence-corrected chi connectivity index (χ0v) is 27.7. The molecule has 4 heteroatoms. The Morgan fingerprint density at radius 1 is 0.440 bits per heavy atom. The highest BCUT2D eigenvalue weighted by Gasteiger charge is 2.39. The third-order valence-corrected chi connectivity index (χ3v) is 9.89. The topological polar surface area (TPSA) is 42.3 Å². The lowest BCUT2D eigenvalue weighted by Crippen LogP contribution is -2.29. The molecule has 1 aliphatic rings. The van der Waals surface area contributed by atoms with Gasteiger partial charge in [-0.15, -0.1) is 0 Å². The van der Waals surface area contributed by atoms with Crippen LogP contribution in [0.1, 0.15) is 31.8 Å². The highest BCUT2D eigenvalue weighted by atomic mass is 16.2. The standard InChI is InChI=1S/C46H32N2O2/c1-29-20-22-37(30(2)24-29)33-21-23-39-38-16-9-10-18-41(38)48(43(39)28-33)42-19-11-17-40-44(42)46(50)47(45(40)49)36-26-34(31-12-5-3-6-13-31)25-35(27-36)32-14-7-4-8-15-32/h3-28H,1-2H3. The maximum atomic E-state index is 14.7. The van der Waals surface area contributed by atoms with Crippen molar-refractivity contribution < 1.29 is 9.59 Å². The first kappa shape index (κ1) is 29.6. The predicted octanol–water partition coefficient (Wildman–Crippen LogP) is 11.2. The summed E-state index contributed by atoms with van der Waals surface area (Å²) in [4.78, 5) is 30.4. The quantitative estimate of drug-likeness (QED) is 0.175. The number of imide groups is 1. The molecule has 0 bridgehead atoms. The highest BCUT2D eigenvalue weighted by Crippen LogP contribution is 2.41. The average molecular weight is 645 g/mol. The van der Waals surface area contributed by atoms with Gasteiger partial charge in [-0.1, -0.05) is 121 Å². The fourth-order valence-electron chi connectivity index (χ4n) is 7.56. The fourth-order valence-corrected chi connectivity index (χ4v) is 7.56. The van der Waals surface area contributed by atoms with Crippen LogP contribution in [0, 0.1) is 13.8 Å². The van der Waals surface area contributed by atoms with Crippen molar-refractivity contribution >= 4 is 39.3 Å². The molecule has 0 N–H and O–H groups in total. The zero-order chi connectivity index (χ0) is 33.9. The van der Waals surface area contributed by atoms with Crippen molar-refractivity contribution in [1.29, 1.82) is 0 Å². The van der Waals surface area contributed by atoms with Crippen molar-refractivity contribution in [2.24, 2.45) is 0 Å². The highest BCUT2D eigenvalue weighted by molar-refractivity contribution is 6.36. The molecule has 2 heterocycles. The van der Waals surface area contributed by atoms with E-state index in [9.17, 15) is 9.59 Å². The van der Waals surface area contributed by atoms with Crippen LogP contribution in [-0.2, 0) is 0 Å². The van der Waals surface area contributed by atoms with Crippen LogP contribution in [0.25, 0.3) is 60.9 Å². The lowest BCUT2D eigenvalue weighted by atomic mass is 9.97. The maximum Gasteiger partial charge on any atom is 0.268 e. The van der Waals surface area contributed by atoms with E-state index < -0.39 is 0 Å². The fraction of sp³-hybridized carbons (Fsp3) is 0.0435. The Balaban J connectivity index is 1.24. The van der Waals surface area contributed by atoms with Crippen LogP contribution >= 0.6 is 0 Å². The SMILES string of the molecule is Cc1ccc(-c2ccc3c4ccccc4n(-c4cccc5c4C(=O)N(c4cc(-c6ccccc6)cc(-c6ccccc6)c4)C5=O)c3c2)c(C)c1. The molecule has 0 aliphatic carbocycles. The number of para-hydroxylation sites is 1. The van der Waals surface area contributed by atoms with Crippen LogP contribution < -0.4 is 4.90 Å². The van der Waals surface area contributed by atoms with Gasteiger partial charge in [0.1, 0.15) is 0 Å². The molecule has 0 radical (unpaired) electrons. The predicted molar refractivity (Wildman–Crippen MR) is 204 cm³/mol. The number of anilines is 1. The van der Waals surface area contributed by atoms with Gasteiger partial charge in [0.25, 0.3) is 11.8 Å². The summed E-state index contributed by atoms with van der Waals surface area (Å²) >= 11 is 0. The minimum atomic E-state index is -0.332. The van der Waals surface area contributed by atoms with E-state index in [1.165, 1.54) is 16.0 Å². The van der Waals surface area contributed by atoms with Crippen molar-refractivity contribution in [3.63, 3.8) is 0 Å². The molecule has 9 rings (SSSR count). The summed E-state index contributed by atoms with van der Waals surface area (Å²) in [5.74, 6) is -0.658. The van der Waals surface area contributed by atoms with Gasteiger partial charge < -0.3 is 4.57 Å². The molecule has 0 saturated carbocycles. The molecule has 0 spiro atoms. The van der Waals surface area contributed by atoms with Crippen molar-refractivity contribution in [2.45, 2.75) is 13.8 Å². The van der Waals surface area contributed by atoms with E-state index in [4.69, 9.17) is 0 Å². The van der Waals surface area contributed by atoms with Gasteiger partial charge in [-0.25, -0.2) is 4.90 Å². The largest absolute Gasteiger partial charge is 0.308 e. The number of carbonyl (C=O) groups is 2. The lowest BCUT2D eigenvalue weighted by Gasteiger charge is -2.18. The molecule has 1 aliphatic heterocycles. The number of nitrogens with zero attached hydrogens (tertiary/aromatic N) is 2. The smallest absolute Gasteiger partial charge is 0.268 e. The normalized spacial score (nSPS) is 12.6. The first-order valence-electron chi connectivity index (χ1n) is 16.9. The summed E-state index contributed by atoms with van der Waals surface area (Å²) in [5, 5.41) is 2.17. The number of rotatable bonds is 5. The van der Waals surface area contributed by atoms with Crippen molar-refractivity contribution in [3.8, 4) is 39.1 Å². The Hall–Kier alpha value is -6.52. The van der Waals surface area contributed by atoms with Crippen molar-refractivity contribution in [1.82, 2.24) is 4.57 Å². The second-order valence-corrected chi connectivity index (χ2v) is 13.0. The summed E-state index contributed by atoms with van der Waals surface area (Å²) in [6, 6.07) is 53.1. The molecule has 1 aromatic heterocycles. The Morgan fingerprint density at radius 2 is 1.10 bits per heavy atom. The molecular formula is C46H32N2O2. The van der Waals surface area contributed by atoms with E-state index in [2.05, 4.69) is 73.0 Å². The molecule has 7 aromatic carbocycles. The number of aromatic nitrogens is 1. The van der Waals surface area contributed by atoms with Gasteiger partial charge in [-0.2, -0.15) is 0 Å². The monoisotopic (exact) mass is 644 g/mol. The second-order valence-electron chi connectivity index (χ2n) is 13.0. The first-order valence-corrected chi connectivity index (χ1v) is 16.9. The van der Waals surface area contributed by atoms with Crippen LogP contribution in [0.4, 0.5) is 5.69 Å². The molecule has 8 aromatic rings. The Bertz CT molecular complexity index is 2590. The van der Waals surface area contributed by atoms with Gasteiger partial charge in [0.2, 0.25) is 0 Å². The first-order chi connectivity index (χ1) is 24.5. The molecule has 0 saturated heterocycles. The number of fused-ring (bicyclic) bond motifs is 4. The number of carbonyl (C=O) groups excluding carboxylic acids is 2. The number of aryl methyl sites for hydroxylation is 2. The van der Waals surface area contributed by atoms with Crippen LogP contribution in [0.3, 0.4) is 0 Å². The Labute approximate surface area is 290 Å². The Kier molecular flexibility index (Phi) is 6.85. The molecular weight excluding hydrogens is 613 g/mol. The lowest BCUT2D eigenvalue weighted by molar-refractivity contribution is 0.0926. The van der Waals surface area contributed by atoms with Gasteiger partial charge in [0, 0.05) is 10.8 Å². The van der Waals surface area contributed by atoms with Gasteiger partial charge >= 0.3 is 0 Å². The number of hydrogen-bond acceptors (Lipinski definition) is 2. The van der Waals surface area contributed by atoms with Crippen LogP contribution in [-0.4, -0.2) is 16.4 Å². The molecule has 0 unspecified atom stereocenters. The number of hydrogen-bond donors (Lipinski definition) is 0. The summed E-state index contributed by atoms with van der Waals surface area (Å²) < 4.78 is 2.15. The van der Waals surface area contributed by atoms with Gasteiger partial charge in [-0.05, 0) is 95.3 Å². The van der Waals surface area contributed by atoms with E-state index >= 15 is 0 Å². The van der Waals surface area contributed by atoms with E-state index in [0.29, 0.717) is 22.5 Å². The molecule has 238 valence electrons. The molecule has 2 amide bonds. The zero-order valence-electron chi connectivity index (χ0n) is 27.7. The van der Waals surface area contributed by atoms with Crippen molar-refractivity contribution in [3.05, 3.63) is 180 Å². The van der Waals surface area contributed by atoms with E-state index in [1.807, 2.05) is 97.1 Å². The van der Waals surface area contributed by atoms with E-state index in [1.54, 1.807) is 6.07 Å². The van der Waals surface area contributed by atoms with E-state index in [0.717, 1.165) is 55.2 Å². The molecule has 50 heavy (non-hydrogen) atoms. The summed E-state index contributed by atoms with van der Waals surface area (Å²) in [6.45, 7) is 4.25. The van der Waals surface area contributed by atoms with Crippen LogP contribution in [0.15, 0.2) is 158 Å². The van der Waals surface area contributed by atoms with Gasteiger partial charge in [0.15, 0.2) is 0 Å². The van der Waals surface area contributed by atoms with Crippen LogP contribution in [0.5, 0.6) is 0 Å². The third-order valence-electron chi connectivity index (χ3n) is 9.89. The van der Waals surface area contributed by atoms with Crippen LogP contribution in [0.2, 0.25) is 0 Å². The number of benzene rings is 7. The third kappa shape index (κ3) is 4.68. The Morgan fingerprint density at radius 3 is 1.80 bits per heavy atom. The molecule has 0 atom stereocenters. The van der Waals surface area contributed by atoms with E-state index in [-0.39, 0.29) is 11.8 Å². The van der Waals surface area contributed by atoms with Gasteiger partial charge in [-0.3, -0.25) is 9.59 Å². The average Bonchev–Trinajstić information content (AvgIpc) is 3.62. The van der Waals surface area contributed by atoms with Gasteiger partial charge in [0.05, 0.1) is 33.5 Å². The summed E-state index contributed by atoms with van der Waals surface area (Å²) in [5.41, 5.74) is 12.6. The van der Waals surface area contributed by atoms with Crippen molar-refractivity contribution in [2.75, 3.05) is 4.90 Å². The number of amides is 2. The minimum Gasteiger partial charge on any atom is -0.308 e. The maximum absolute atomic E-state index is 14.7. The summed E-state index contributed by atoms with van der Waals surface area (Å²) in [7, 11) is 0. The minimum absolute atomic E-state index is 0.326. The summed E-state index contributed by atoms with van der Waals surface area (Å²) in [6.07, 6.45) is 0.